The van der Waals surface area contributed by atoms with Crippen LogP contribution in [0.1, 0.15) is 20.8 Å². The first-order valence-electron chi connectivity index (χ1n) is 5.24. The van der Waals surface area contributed by atoms with E-state index in [0.29, 0.717) is 5.69 Å². The largest absolute Gasteiger partial charge is 0.396 e. The summed E-state index contributed by atoms with van der Waals surface area (Å²) in [7, 11) is 0. The number of hydrogen-bond donors (Lipinski definition) is 1. The van der Waals surface area contributed by atoms with Crippen molar-refractivity contribution in [3.63, 3.8) is 0 Å². The highest BCUT2D eigenvalue weighted by Crippen LogP contribution is 2.26. The molecule has 2 rings (SSSR count). The Morgan fingerprint density at radius 3 is 2.31 bits per heavy atom. The zero-order chi connectivity index (χ0) is 11.8. The zero-order valence-electron chi connectivity index (χ0n) is 9.81. The summed E-state index contributed by atoms with van der Waals surface area (Å²) < 4.78 is 1.89. The maximum Gasteiger partial charge on any atom is 0.115 e. The predicted octanol–water partition coefficient (Wildman–Crippen LogP) is 2.28. The Morgan fingerprint density at radius 1 is 1.19 bits per heavy atom. The fourth-order valence-electron chi connectivity index (χ4n) is 1.47. The second-order valence-electron chi connectivity index (χ2n) is 4.78. The molecule has 0 amide bonds. The van der Waals surface area contributed by atoms with E-state index in [1.54, 1.807) is 12.4 Å². The fraction of sp³-hybridized carbons (Fsp3) is 0.333. The van der Waals surface area contributed by atoms with Crippen LogP contribution in [-0.2, 0) is 5.54 Å². The van der Waals surface area contributed by atoms with Crippen LogP contribution in [0.15, 0.2) is 30.7 Å². The zero-order valence-corrected chi connectivity index (χ0v) is 9.81. The molecule has 0 saturated carbocycles. The van der Waals surface area contributed by atoms with Gasteiger partial charge in [0.2, 0.25) is 0 Å². The van der Waals surface area contributed by atoms with Crippen LogP contribution in [0.5, 0.6) is 0 Å². The van der Waals surface area contributed by atoms with Gasteiger partial charge in [-0.05, 0) is 32.9 Å². The first-order chi connectivity index (χ1) is 7.48. The lowest BCUT2D eigenvalue weighted by atomic mass is 10.1. The van der Waals surface area contributed by atoms with Crippen molar-refractivity contribution in [3.8, 4) is 11.3 Å². The number of pyridine rings is 1. The van der Waals surface area contributed by atoms with Gasteiger partial charge in [0.25, 0.3) is 0 Å². The molecule has 4 nitrogen and oxygen atoms in total. The van der Waals surface area contributed by atoms with Crippen LogP contribution in [-0.4, -0.2) is 14.8 Å². The number of nitrogens with two attached hydrogens (primary N) is 1. The SMILES string of the molecule is CC(C)(C)n1cc(N)c(-c2ccncc2)n1. The molecule has 16 heavy (non-hydrogen) atoms. The summed E-state index contributed by atoms with van der Waals surface area (Å²) in [5.74, 6) is 0. The summed E-state index contributed by atoms with van der Waals surface area (Å²) in [4.78, 5) is 3.98. The average molecular weight is 216 g/mol. The van der Waals surface area contributed by atoms with Crippen LogP contribution in [0.25, 0.3) is 11.3 Å². The lowest BCUT2D eigenvalue weighted by Gasteiger charge is -2.18. The Hall–Kier alpha value is -1.84. The maximum atomic E-state index is 5.97. The number of nitrogens with zero attached hydrogens (tertiary/aromatic N) is 3. The number of hydrogen-bond acceptors (Lipinski definition) is 3. The highest BCUT2D eigenvalue weighted by molar-refractivity contribution is 5.71. The fourth-order valence-corrected chi connectivity index (χ4v) is 1.47. The quantitative estimate of drug-likeness (QED) is 0.795. The molecule has 2 heterocycles. The van der Waals surface area contributed by atoms with Gasteiger partial charge in [-0.3, -0.25) is 9.67 Å². The predicted molar refractivity (Wildman–Crippen MR) is 64.9 cm³/mol. The van der Waals surface area contributed by atoms with E-state index in [1.165, 1.54) is 0 Å². The highest BCUT2D eigenvalue weighted by Gasteiger charge is 2.17. The topological polar surface area (TPSA) is 56.7 Å². The van der Waals surface area contributed by atoms with Gasteiger partial charge in [-0.2, -0.15) is 5.10 Å². The summed E-state index contributed by atoms with van der Waals surface area (Å²) in [6, 6.07) is 3.82. The highest BCUT2D eigenvalue weighted by atomic mass is 15.3. The number of nitrogen functional groups attached to an aromatic ring is 1. The van der Waals surface area contributed by atoms with E-state index in [4.69, 9.17) is 5.73 Å². The molecule has 84 valence electrons. The third-order valence-corrected chi connectivity index (χ3v) is 2.38. The smallest absolute Gasteiger partial charge is 0.115 e. The molecule has 0 aliphatic heterocycles. The van der Waals surface area contributed by atoms with Gasteiger partial charge in [0, 0.05) is 24.2 Å². The van der Waals surface area contributed by atoms with Gasteiger partial charge in [-0.25, -0.2) is 0 Å². The molecule has 0 aliphatic carbocycles. The third kappa shape index (κ3) is 1.91. The normalized spacial score (nSPS) is 11.7. The molecule has 0 atom stereocenters. The van der Waals surface area contributed by atoms with E-state index in [9.17, 15) is 0 Å². The molecule has 0 saturated heterocycles. The Morgan fingerprint density at radius 2 is 1.81 bits per heavy atom. The number of anilines is 1. The number of rotatable bonds is 1. The van der Waals surface area contributed by atoms with Crippen LogP contribution >= 0.6 is 0 Å². The first kappa shape index (κ1) is 10.7. The van der Waals surface area contributed by atoms with Crippen molar-refractivity contribution >= 4 is 5.69 Å². The molecule has 2 aromatic rings. The average Bonchev–Trinajstić information content (AvgIpc) is 2.61. The summed E-state index contributed by atoms with van der Waals surface area (Å²) >= 11 is 0. The van der Waals surface area contributed by atoms with Gasteiger partial charge in [0.15, 0.2) is 0 Å². The van der Waals surface area contributed by atoms with Gasteiger partial charge in [0.1, 0.15) is 5.69 Å². The summed E-state index contributed by atoms with van der Waals surface area (Å²) in [6.45, 7) is 6.28. The van der Waals surface area contributed by atoms with E-state index in [2.05, 4.69) is 30.9 Å². The number of aromatic nitrogens is 3. The van der Waals surface area contributed by atoms with Crippen LogP contribution in [0.3, 0.4) is 0 Å². The van der Waals surface area contributed by atoms with Crippen molar-refractivity contribution in [1.29, 1.82) is 0 Å². The molecule has 2 aromatic heterocycles. The van der Waals surface area contributed by atoms with Gasteiger partial charge in [0.05, 0.1) is 11.2 Å². The van der Waals surface area contributed by atoms with Crippen molar-refractivity contribution in [3.05, 3.63) is 30.7 Å². The molecule has 0 radical (unpaired) electrons. The van der Waals surface area contributed by atoms with Crippen molar-refractivity contribution in [1.82, 2.24) is 14.8 Å². The molecule has 0 bridgehead atoms. The van der Waals surface area contributed by atoms with E-state index in [0.717, 1.165) is 11.3 Å². The molecule has 0 aromatic carbocycles. The Kier molecular flexibility index (Phi) is 2.42. The van der Waals surface area contributed by atoms with E-state index in [-0.39, 0.29) is 5.54 Å². The second-order valence-corrected chi connectivity index (χ2v) is 4.78. The monoisotopic (exact) mass is 216 g/mol. The van der Waals surface area contributed by atoms with E-state index in [1.807, 2.05) is 23.0 Å². The summed E-state index contributed by atoms with van der Waals surface area (Å²) in [6.07, 6.45) is 5.35. The summed E-state index contributed by atoms with van der Waals surface area (Å²) in [5.41, 5.74) is 8.42. The molecule has 0 fully saturated rings. The van der Waals surface area contributed by atoms with E-state index >= 15 is 0 Å². The molecule has 0 unspecified atom stereocenters. The van der Waals surface area contributed by atoms with Gasteiger partial charge < -0.3 is 5.73 Å². The standard InChI is InChI=1S/C12H16N4/c1-12(2,3)16-8-10(13)11(15-16)9-4-6-14-7-5-9/h4-8H,13H2,1-3H3. The van der Waals surface area contributed by atoms with Crippen molar-refractivity contribution in [2.75, 3.05) is 5.73 Å². The molecule has 0 aliphatic rings. The minimum Gasteiger partial charge on any atom is -0.396 e. The Labute approximate surface area is 95.1 Å². The lowest BCUT2D eigenvalue weighted by Crippen LogP contribution is -2.22. The minimum atomic E-state index is -0.0562. The molecular weight excluding hydrogens is 200 g/mol. The van der Waals surface area contributed by atoms with Crippen LogP contribution < -0.4 is 5.73 Å². The van der Waals surface area contributed by atoms with Gasteiger partial charge in [-0.15, -0.1) is 0 Å². The first-order valence-corrected chi connectivity index (χ1v) is 5.24. The van der Waals surface area contributed by atoms with Gasteiger partial charge >= 0.3 is 0 Å². The summed E-state index contributed by atoms with van der Waals surface area (Å²) in [5, 5.41) is 4.52. The van der Waals surface area contributed by atoms with Crippen LogP contribution in [0.2, 0.25) is 0 Å². The Bertz CT molecular complexity index is 479. The van der Waals surface area contributed by atoms with E-state index < -0.39 is 0 Å². The molecule has 4 heteroatoms. The second kappa shape index (κ2) is 3.63. The van der Waals surface area contributed by atoms with Crippen molar-refractivity contribution in [2.24, 2.45) is 0 Å². The van der Waals surface area contributed by atoms with Crippen molar-refractivity contribution < 1.29 is 0 Å². The van der Waals surface area contributed by atoms with Crippen LogP contribution in [0, 0.1) is 0 Å². The third-order valence-electron chi connectivity index (χ3n) is 2.38. The maximum absolute atomic E-state index is 5.97. The molecule has 2 N–H and O–H groups in total. The minimum absolute atomic E-state index is 0.0562. The molecular formula is C12H16N4. The lowest BCUT2D eigenvalue weighted by molar-refractivity contribution is 0.356. The van der Waals surface area contributed by atoms with Crippen molar-refractivity contribution in [2.45, 2.75) is 26.3 Å². The Balaban J connectivity index is 2.48. The molecule has 0 spiro atoms. The van der Waals surface area contributed by atoms with Gasteiger partial charge in [-0.1, -0.05) is 0 Å². The van der Waals surface area contributed by atoms with Crippen LogP contribution in [0.4, 0.5) is 5.69 Å².